The quantitative estimate of drug-likeness (QED) is 0.184. The van der Waals surface area contributed by atoms with Gasteiger partial charge in [0.25, 0.3) is 0 Å². The lowest BCUT2D eigenvalue weighted by atomic mass is 9.47. The maximum atomic E-state index is 13.2. The maximum Gasteiger partial charge on any atom is 0.312 e. The standard InChI is InChI=1S/C35H60O2/c1-10-11-12-13-14-24(2)28-17-18-29-27-16-15-25-23-26(37-31(36)33(6,7)32(3,4)5)19-21-34(25,8)30(27)20-22-35(28,29)9/h15,24,26-30H,10-14,16-23H2,1-9H3/t24?,26-,27?,28?,29?,30?,34?,35?/m1/s1. The Morgan fingerprint density at radius 2 is 1.73 bits per heavy atom. The molecule has 37 heavy (non-hydrogen) atoms. The average Bonchev–Trinajstić information content (AvgIpc) is 3.18. The van der Waals surface area contributed by atoms with Crippen molar-refractivity contribution in [1.29, 1.82) is 0 Å². The Hall–Kier alpha value is -0.790. The van der Waals surface area contributed by atoms with Gasteiger partial charge in [-0.25, -0.2) is 0 Å². The van der Waals surface area contributed by atoms with Crippen molar-refractivity contribution in [2.75, 3.05) is 0 Å². The molecule has 0 aromatic heterocycles. The lowest BCUT2D eigenvalue weighted by Crippen LogP contribution is -2.51. The molecule has 4 aliphatic carbocycles. The highest BCUT2D eigenvalue weighted by molar-refractivity contribution is 5.77. The second-order valence-electron chi connectivity index (χ2n) is 16.0. The first-order chi connectivity index (χ1) is 17.3. The third-order valence-electron chi connectivity index (χ3n) is 13.0. The number of ether oxygens (including phenoxy) is 1. The van der Waals surface area contributed by atoms with E-state index in [0.717, 1.165) is 42.4 Å². The second-order valence-corrected chi connectivity index (χ2v) is 16.0. The van der Waals surface area contributed by atoms with Gasteiger partial charge in [-0.15, -0.1) is 0 Å². The Morgan fingerprint density at radius 3 is 2.41 bits per heavy atom. The number of carbonyl (C=O) groups is 1. The summed E-state index contributed by atoms with van der Waals surface area (Å²) >= 11 is 0. The van der Waals surface area contributed by atoms with Gasteiger partial charge in [-0.2, -0.15) is 0 Å². The highest BCUT2D eigenvalue weighted by Gasteiger charge is 2.59. The van der Waals surface area contributed by atoms with Crippen molar-refractivity contribution in [1.82, 2.24) is 0 Å². The molecule has 0 aliphatic heterocycles. The smallest absolute Gasteiger partial charge is 0.312 e. The van der Waals surface area contributed by atoms with Gasteiger partial charge in [0.05, 0.1) is 5.41 Å². The van der Waals surface area contributed by atoms with Crippen LogP contribution >= 0.6 is 0 Å². The molecular weight excluding hydrogens is 452 g/mol. The lowest BCUT2D eigenvalue weighted by Gasteiger charge is -2.58. The summed E-state index contributed by atoms with van der Waals surface area (Å²) in [6, 6.07) is 0. The molecule has 0 heterocycles. The number of allylic oxidation sites excluding steroid dienone is 1. The summed E-state index contributed by atoms with van der Waals surface area (Å²) in [5.41, 5.74) is 1.91. The van der Waals surface area contributed by atoms with Crippen molar-refractivity contribution in [2.24, 2.45) is 51.2 Å². The minimum Gasteiger partial charge on any atom is -0.462 e. The zero-order valence-electron chi connectivity index (χ0n) is 26.1. The number of esters is 1. The van der Waals surface area contributed by atoms with Crippen LogP contribution in [-0.2, 0) is 9.53 Å². The molecule has 0 amide bonds. The van der Waals surface area contributed by atoms with Crippen molar-refractivity contribution < 1.29 is 9.53 Å². The van der Waals surface area contributed by atoms with Gasteiger partial charge in [0.2, 0.25) is 0 Å². The van der Waals surface area contributed by atoms with E-state index >= 15 is 0 Å². The molecule has 0 spiro atoms. The van der Waals surface area contributed by atoms with E-state index in [-0.39, 0.29) is 17.5 Å². The molecule has 4 rings (SSSR count). The maximum absolute atomic E-state index is 13.2. The molecule has 8 atom stereocenters. The fourth-order valence-electron chi connectivity index (χ4n) is 9.40. The van der Waals surface area contributed by atoms with E-state index in [1.807, 2.05) is 13.8 Å². The Morgan fingerprint density at radius 1 is 1.00 bits per heavy atom. The molecule has 0 radical (unpaired) electrons. The fraction of sp³-hybridized carbons (Fsp3) is 0.914. The highest BCUT2D eigenvalue weighted by atomic mass is 16.5. The molecule has 212 valence electrons. The van der Waals surface area contributed by atoms with Gasteiger partial charge >= 0.3 is 5.97 Å². The van der Waals surface area contributed by atoms with Gasteiger partial charge in [0.15, 0.2) is 0 Å². The Bertz CT molecular complexity index is 846. The third kappa shape index (κ3) is 5.23. The molecule has 2 heteroatoms. The highest BCUT2D eigenvalue weighted by Crippen LogP contribution is 2.67. The molecule has 0 N–H and O–H groups in total. The van der Waals surface area contributed by atoms with E-state index in [0.29, 0.717) is 10.8 Å². The minimum absolute atomic E-state index is 0.0165. The normalized spacial score (nSPS) is 38.7. The van der Waals surface area contributed by atoms with Crippen LogP contribution in [0.2, 0.25) is 0 Å². The largest absolute Gasteiger partial charge is 0.462 e. The molecule has 0 bridgehead atoms. The van der Waals surface area contributed by atoms with Gasteiger partial charge in [-0.1, -0.05) is 92.2 Å². The molecule has 4 aliphatic rings. The zero-order chi connectivity index (χ0) is 27.2. The Balaban J connectivity index is 1.43. The molecule has 3 saturated carbocycles. The monoisotopic (exact) mass is 512 g/mol. The number of carbonyl (C=O) groups excluding carboxylic acids is 1. The summed E-state index contributed by atoms with van der Waals surface area (Å²) in [4.78, 5) is 13.2. The van der Waals surface area contributed by atoms with Gasteiger partial charge in [-0.05, 0) is 105 Å². The average molecular weight is 513 g/mol. The molecule has 0 aromatic rings. The molecule has 0 saturated heterocycles. The SMILES string of the molecule is CCCCCCC(C)C1CCC2C3CC=C4C[C@H](OC(=O)C(C)(C)C(C)(C)C)CCC4(C)C3CCC12C. The fourth-order valence-corrected chi connectivity index (χ4v) is 9.40. The first kappa shape index (κ1) is 29.2. The lowest BCUT2D eigenvalue weighted by molar-refractivity contribution is -0.168. The van der Waals surface area contributed by atoms with Crippen molar-refractivity contribution in [2.45, 2.75) is 152 Å². The first-order valence-corrected chi connectivity index (χ1v) is 16.2. The number of hydrogen-bond donors (Lipinski definition) is 0. The Labute approximate surface area is 230 Å². The van der Waals surface area contributed by atoms with E-state index in [2.05, 4.69) is 54.5 Å². The van der Waals surface area contributed by atoms with E-state index in [1.165, 1.54) is 70.6 Å². The van der Waals surface area contributed by atoms with Crippen molar-refractivity contribution in [3.05, 3.63) is 11.6 Å². The van der Waals surface area contributed by atoms with E-state index in [9.17, 15) is 4.79 Å². The topological polar surface area (TPSA) is 26.3 Å². The predicted octanol–water partition coefficient (Wildman–Crippen LogP) is 10.2. The van der Waals surface area contributed by atoms with E-state index in [1.54, 1.807) is 5.57 Å². The van der Waals surface area contributed by atoms with Crippen molar-refractivity contribution in [3.63, 3.8) is 0 Å². The van der Waals surface area contributed by atoms with Crippen LogP contribution in [0.3, 0.4) is 0 Å². The number of fused-ring (bicyclic) bond motifs is 5. The number of hydrogen-bond acceptors (Lipinski definition) is 2. The first-order valence-electron chi connectivity index (χ1n) is 16.2. The molecule has 2 nitrogen and oxygen atoms in total. The van der Waals surface area contributed by atoms with E-state index < -0.39 is 5.41 Å². The van der Waals surface area contributed by atoms with Crippen molar-refractivity contribution in [3.8, 4) is 0 Å². The van der Waals surface area contributed by atoms with Crippen LogP contribution in [0.4, 0.5) is 0 Å². The summed E-state index contributed by atoms with van der Waals surface area (Å²) in [5.74, 6) is 4.40. The second kappa shape index (κ2) is 10.6. The van der Waals surface area contributed by atoms with Gasteiger partial charge in [0, 0.05) is 6.42 Å². The van der Waals surface area contributed by atoms with Crippen LogP contribution in [0.15, 0.2) is 11.6 Å². The van der Waals surface area contributed by atoms with Crippen molar-refractivity contribution >= 4 is 5.97 Å². The summed E-state index contributed by atoms with van der Waals surface area (Å²) in [6.07, 6.45) is 19.9. The number of unbranched alkanes of at least 4 members (excludes halogenated alkanes) is 3. The zero-order valence-corrected chi connectivity index (χ0v) is 26.1. The minimum atomic E-state index is -0.472. The van der Waals surface area contributed by atoms with Crippen LogP contribution in [0.5, 0.6) is 0 Å². The van der Waals surface area contributed by atoms with Crippen LogP contribution in [0.25, 0.3) is 0 Å². The summed E-state index contributed by atoms with van der Waals surface area (Å²) < 4.78 is 6.21. The molecule has 3 fully saturated rings. The van der Waals surface area contributed by atoms with Crippen LogP contribution < -0.4 is 0 Å². The summed E-state index contributed by atoms with van der Waals surface area (Å²) in [5, 5.41) is 0. The summed E-state index contributed by atoms with van der Waals surface area (Å²) in [7, 11) is 0. The van der Waals surface area contributed by atoms with Gasteiger partial charge in [-0.3, -0.25) is 4.79 Å². The number of rotatable bonds is 8. The predicted molar refractivity (Wildman–Crippen MR) is 156 cm³/mol. The summed E-state index contributed by atoms with van der Waals surface area (Å²) in [6.45, 7) is 20.7. The van der Waals surface area contributed by atoms with Gasteiger partial charge < -0.3 is 4.74 Å². The van der Waals surface area contributed by atoms with Crippen LogP contribution in [0, 0.1) is 51.2 Å². The Kier molecular flexibility index (Phi) is 8.40. The third-order valence-corrected chi connectivity index (χ3v) is 13.0. The van der Waals surface area contributed by atoms with Gasteiger partial charge in [0.1, 0.15) is 6.10 Å². The van der Waals surface area contributed by atoms with E-state index in [4.69, 9.17) is 4.74 Å². The molecular formula is C35H60O2. The van der Waals surface area contributed by atoms with Crippen LogP contribution in [0.1, 0.15) is 146 Å². The van der Waals surface area contributed by atoms with Crippen LogP contribution in [-0.4, -0.2) is 12.1 Å². The molecule has 0 aromatic carbocycles. The molecule has 7 unspecified atom stereocenters.